The van der Waals surface area contributed by atoms with Gasteiger partial charge in [-0.25, -0.2) is 4.39 Å². The SMILES string of the molecule is Fc1ccc(OC2CCCNCC2)cc1. The molecule has 1 N–H and O–H groups in total. The maximum absolute atomic E-state index is 12.7. The van der Waals surface area contributed by atoms with E-state index in [-0.39, 0.29) is 11.9 Å². The number of rotatable bonds is 2. The average molecular weight is 209 g/mol. The summed E-state index contributed by atoms with van der Waals surface area (Å²) in [5.74, 6) is 0.549. The Labute approximate surface area is 89.4 Å². The van der Waals surface area contributed by atoms with E-state index in [0.29, 0.717) is 0 Å². The van der Waals surface area contributed by atoms with Crippen molar-refractivity contribution in [1.82, 2.24) is 5.32 Å². The summed E-state index contributed by atoms with van der Waals surface area (Å²) in [6.07, 6.45) is 3.51. The molecule has 1 fully saturated rings. The molecule has 0 saturated carbocycles. The van der Waals surface area contributed by atoms with Crippen molar-refractivity contribution in [3.63, 3.8) is 0 Å². The number of nitrogens with one attached hydrogen (secondary N) is 1. The summed E-state index contributed by atoms with van der Waals surface area (Å²) in [6.45, 7) is 2.08. The Balaban J connectivity index is 1.92. The Hall–Kier alpha value is -1.09. The van der Waals surface area contributed by atoms with Gasteiger partial charge in [0, 0.05) is 0 Å². The highest BCUT2D eigenvalue weighted by molar-refractivity contribution is 5.22. The largest absolute Gasteiger partial charge is 0.490 e. The first kappa shape index (κ1) is 10.4. The smallest absolute Gasteiger partial charge is 0.123 e. The van der Waals surface area contributed by atoms with Crippen molar-refractivity contribution in [1.29, 1.82) is 0 Å². The molecule has 1 heterocycles. The fraction of sp³-hybridized carbons (Fsp3) is 0.500. The number of hydrogen-bond donors (Lipinski definition) is 1. The predicted molar refractivity (Wildman–Crippen MR) is 57.5 cm³/mol. The van der Waals surface area contributed by atoms with E-state index in [0.717, 1.165) is 38.1 Å². The van der Waals surface area contributed by atoms with Crippen LogP contribution in [0.1, 0.15) is 19.3 Å². The van der Waals surface area contributed by atoms with Crippen LogP contribution in [0, 0.1) is 5.82 Å². The van der Waals surface area contributed by atoms with E-state index in [9.17, 15) is 4.39 Å². The molecule has 0 amide bonds. The second-order valence-corrected chi connectivity index (χ2v) is 3.87. The summed E-state index contributed by atoms with van der Waals surface area (Å²) in [7, 11) is 0. The van der Waals surface area contributed by atoms with E-state index in [1.807, 2.05) is 0 Å². The van der Waals surface area contributed by atoms with Crippen LogP contribution in [0.3, 0.4) is 0 Å². The molecule has 1 aromatic carbocycles. The zero-order valence-electron chi connectivity index (χ0n) is 8.71. The van der Waals surface area contributed by atoms with Crippen LogP contribution in [0.2, 0.25) is 0 Å². The minimum atomic E-state index is -0.218. The van der Waals surface area contributed by atoms with E-state index in [4.69, 9.17) is 4.74 Å². The lowest BCUT2D eigenvalue weighted by Gasteiger charge is -2.16. The summed E-state index contributed by atoms with van der Waals surface area (Å²) in [5, 5.41) is 3.33. The van der Waals surface area contributed by atoms with Gasteiger partial charge >= 0.3 is 0 Å². The molecule has 1 aliphatic heterocycles. The third kappa shape index (κ3) is 3.20. The lowest BCUT2D eigenvalue weighted by atomic mass is 10.1. The maximum atomic E-state index is 12.7. The standard InChI is InChI=1S/C12H16FNO/c13-10-3-5-12(6-4-10)15-11-2-1-8-14-9-7-11/h3-6,11,14H,1-2,7-9H2. The van der Waals surface area contributed by atoms with Gasteiger partial charge < -0.3 is 10.1 Å². The lowest BCUT2D eigenvalue weighted by molar-refractivity contribution is 0.187. The van der Waals surface area contributed by atoms with E-state index in [1.54, 1.807) is 12.1 Å². The summed E-state index contributed by atoms with van der Waals surface area (Å²) in [4.78, 5) is 0. The minimum Gasteiger partial charge on any atom is -0.490 e. The fourth-order valence-electron chi connectivity index (χ4n) is 1.81. The molecular formula is C12H16FNO. The van der Waals surface area contributed by atoms with Crippen LogP contribution in [0.5, 0.6) is 5.75 Å². The van der Waals surface area contributed by atoms with Gasteiger partial charge in [-0.15, -0.1) is 0 Å². The van der Waals surface area contributed by atoms with Crippen molar-refractivity contribution >= 4 is 0 Å². The zero-order chi connectivity index (χ0) is 10.5. The summed E-state index contributed by atoms with van der Waals surface area (Å²) in [6, 6.07) is 6.25. The van der Waals surface area contributed by atoms with Crippen LogP contribution in [-0.4, -0.2) is 19.2 Å². The number of ether oxygens (including phenoxy) is 1. The van der Waals surface area contributed by atoms with Crippen LogP contribution in [0.15, 0.2) is 24.3 Å². The van der Waals surface area contributed by atoms with Crippen LogP contribution in [0.25, 0.3) is 0 Å². The van der Waals surface area contributed by atoms with Crippen LogP contribution >= 0.6 is 0 Å². The highest BCUT2D eigenvalue weighted by Crippen LogP contribution is 2.17. The molecule has 1 aliphatic rings. The molecule has 82 valence electrons. The van der Waals surface area contributed by atoms with E-state index >= 15 is 0 Å². The van der Waals surface area contributed by atoms with Gasteiger partial charge in [-0.3, -0.25) is 0 Å². The third-order valence-corrected chi connectivity index (χ3v) is 2.64. The molecule has 1 atom stereocenters. The quantitative estimate of drug-likeness (QED) is 0.807. The van der Waals surface area contributed by atoms with Crippen molar-refractivity contribution < 1.29 is 9.13 Å². The van der Waals surface area contributed by atoms with E-state index in [1.165, 1.54) is 12.1 Å². The van der Waals surface area contributed by atoms with Crippen molar-refractivity contribution in [3.8, 4) is 5.75 Å². The van der Waals surface area contributed by atoms with Gasteiger partial charge in [-0.2, -0.15) is 0 Å². The second kappa shape index (κ2) is 5.12. The molecule has 0 aromatic heterocycles. The lowest BCUT2D eigenvalue weighted by Crippen LogP contribution is -2.19. The maximum Gasteiger partial charge on any atom is 0.123 e. The molecule has 1 aromatic rings. The fourth-order valence-corrected chi connectivity index (χ4v) is 1.81. The molecule has 0 bridgehead atoms. The van der Waals surface area contributed by atoms with E-state index < -0.39 is 0 Å². The molecule has 0 aliphatic carbocycles. The number of halogens is 1. The van der Waals surface area contributed by atoms with Gasteiger partial charge in [0.05, 0.1) is 6.10 Å². The molecule has 1 saturated heterocycles. The highest BCUT2D eigenvalue weighted by Gasteiger charge is 2.12. The monoisotopic (exact) mass is 209 g/mol. The third-order valence-electron chi connectivity index (χ3n) is 2.64. The van der Waals surface area contributed by atoms with Gasteiger partial charge in [0.15, 0.2) is 0 Å². The van der Waals surface area contributed by atoms with Crippen LogP contribution in [-0.2, 0) is 0 Å². The highest BCUT2D eigenvalue weighted by atomic mass is 19.1. The Morgan fingerprint density at radius 2 is 1.93 bits per heavy atom. The van der Waals surface area contributed by atoms with Crippen molar-refractivity contribution in [2.45, 2.75) is 25.4 Å². The first-order chi connectivity index (χ1) is 7.34. The zero-order valence-corrected chi connectivity index (χ0v) is 8.71. The summed E-state index contributed by atoms with van der Waals surface area (Å²) < 4.78 is 18.4. The molecule has 2 rings (SSSR count). The molecule has 0 spiro atoms. The Kier molecular flexibility index (Phi) is 3.56. The Morgan fingerprint density at radius 1 is 1.13 bits per heavy atom. The van der Waals surface area contributed by atoms with Gasteiger partial charge in [0.25, 0.3) is 0 Å². The van der Waals surface area contributed by atoms with Gasteiger partial charge in [0.2, 0.25) is 0 Å². The van der Waals surface area contributed by atoms with Gasteiger partial charge in [0.1, 0.15) is 11.6 Å². The van der Waals surface area contributed by atoms with E-state index in [2.05, 4.69) is 5.32 Å². The molecule has 15 heavy (non-hydrogen) atoms. The van der Waals surface area contributed by atoms with Crippen molar-refractivity contribution in [3.05, 3.63) is 30.1 Å². The summed E-state index contributed by atoms with van der Waals surface area (Å²) in [5.41, 5.74) is 0. The minimum absolute atomic E-state index is 0.218. The number of benzene rings is 1. The topological polar surface area (TPSA) is 21.3 Å². The predicted octanol–water partition coefficient (Wildman–Crippen LogP) is 2.35. The van der Waals surface area contributed by atoms with Crippen molar-refractivity contribution in [2.24, 2.45) is 0 Å². The summed E-state index contributed by atoms with van der Waals surface area (Å²) >= 11 is 0. The molecule has 3 heteroatoms. The molecule has 1 unspecified atom stereocenters. The molecular weight excluding hydrogens is 193 g/mol. The Bertz CT molecular complexity index is 291. The second-order valence-electron chi connectivity index (χ2n) is 3.87. The van der Waals surface area contributed by atoms with Crippen LogP contribution < -0.4 is 10.1 Å². The average Bonchev–Trinajstić information content (AvgIpc) is 2.50. The first-order valence-electron chi connectivity index (χ1n) is 5.47. The first-order valence-corrected chi connectivity index (χ1v) is 5.47. The Morgan fingerprint density at radius 3 is 2.73 bits per heavy atom. The number of hydrogen-bond acceptors (Lipinski definition) is 2. The van der Waals surface area contributed by atoms with Crippen LogP contribution in [0.4, 0.5) is 4.39 Å². The normalized spacial score (nSPS) is 22.1. The van der Waals surface area contributed by atoms with Gasteiger partial charge in [-0.05, 0) is 56.6 Å². The molecule has 2 nitrogen and oxygen atoms in total. The molecule has 0 radical (unpaired) electrons. The van der Waals surface area contributed by atoms with Gasteiger partial charge in [-0.1, -0.05) is 0 Å². The van der Waals surface area contributed by atoms with Crippen molar-refractivity contribution in [2.75, 3.05) is 13.1 Å².